The van der Waals surface area contributed by atoms with Crippen LogP contribution in [0.1, 0.15) is 97.6 Å². The van der Waals surface area contributed by atoms with Crippen molar-refractivity contribution in [3.63, 3.8) is 0 Å². The molecule has 0 saturated carbocycles. The first kappa shape index (κ1) is 60.6. The molecular formula is C51H69ClN6O15S2. The van der Waals surface area contributed by atoms with E-state index in [-0.39, 0.29) is 61.6 Å². The quantitative estimate of drug-likeness (QED) is 0.0710. The zero-order valence-corrected chi connectivity index (χ0v) is 46.4. The fourth-order valence-electron chi connectivity index (χ4n) is 8.79. The Kier molecular flexibility index (Phi) is 20.7. The van der Waals surface area contributed by atoms with Gasteiger partial charge in [0.05, 0.1) is 29.7 Å². The smallest absolute Gasteiger partial charge is 0.409 e. The number of aliphatic hydroxyl groups is 1. The van der Waals surface area contributed by atoms with E-state index in [1.165, 1.54) is 16.9 Å². The normalized spacial score (nSPS) is 27.6. The highest BCUT2D eigenvalue weighted by molar-refractivity contribution is 8.77. The zero-order chi connectivity index (χ0) is 55.7. The third-order valence-electron chi connectivity index (χ3n) is 13.6. The van der Waals surface area contributed by atoms with Gasteiger partial charge in [0, 0.05) is 88.5 Å². The highest BCUT2D eigenvalue weighted by Gasteiger charge is 2.64. The average molecular weight is 1110 g/mol. The van der Waals surface area contributed by atoms with Gasteiger partial charge in [-0.25, -0.2) is 14.4 Å². The van der Waals surface area contributed by atoms with Crippen molar-refractivity contribution in [2.45, 2.75) is 146 Å². The molecule has 1 aromatic rings. The van der Waals surface area contributed by atoms with Crippen LogP contribution in [0.3, 0.4) is 0 Å². The molecule has 21 nitrogen and oxygen atoms in total. The predicted molar refractivity (Wildman–Crippen MR) is 279 cm³/mol. The number of halogens is 1. The van der Waals surface area contributed by atoms with E-state index >= 15 is 0 Å². The molecule has 5 aliphatic rings. The van der Waals surface area contributed by atoms with E-state index < -0.39 is 89.4 Å². The lowest BCUT2D eigenvalue weighted by Gasteiger charge is -2.42. The number of rotatable bonds is 15. The van der Waals surface area contributed by atoms with Crippen LogP contribution in [-0.2, 0) is 68.6 Å². The molecule has 8 atom stereocenters. The number of likely N-dealkylation sites (N-methyl/N-ethyl adjacent to an activating group) is 1. The van der Waals surface area contributed by atoms with Crippen LogP contribution in [0.2, 0.25) is 5.02 Å². The molecule has 5 aliphatic heterocycles. The summed E-state index contributed by atoms with van der Waals surface area (Å²) >= 11 is 6.80. The van der Waals surface area contributed by atoms with Crippen molar-refractivity contribution in [1.82, 2.24) is 20.2 Å². The number of hydrogen-bond donors (Lipinski definition) is 3. The van der Waals surface area contributed by atoms with Gasteiger partial charge in [-0.2, -0.15) is 0 Å². The molecule has 0 unspecified atom stereocenters. The number of anilines is 1. The molecule has 412 valence electrons. The van der Waals surface area contributed by atoms with Crippen molar-refractivity contribution < 1.29 is 72.0 Å². The summed E-state index contributed by atoms with van der Waals surface area (Å²) in [5.74, 6) is -4.03. The Labute approximate surface area is 449 Å². The van der Waals surface area contributed by atoms with E-state index in [4.69, 9.17) is 36.3 Å². The number of epoxide rings is 1. The Balaban J connectivity index is 0.000000456. The van der Waals surface area contributed by atoms with Crippen molar-refractivity contribution in [3.8, 4) is 0 Å². The summed E-state index contributed by atoms with van der Waals surface area (Å²) in [5.41, 5.74) is 5.79. The lowest BCUT2D eigenvalue weighted by Crippen LogP contribution is -2.63. The van der Waals surface area contributed by atoms with Crippen LogP contribution >= 0.6 is 33.2 Å². The number of hydroxylamine groups is 2. The molecule has 7 amide bonds. The minimum Gasteiger partial charge on any atom is -0.457 e. The monoisotopic (exact) mass is 1100 g/mol. The lowest BCUT2D eigenvalue weighted by molar-refractivity contribution is -0.197. The molecule has 5 heterocycles. The van der Waals surface area contributed by atoms with Crippen molar-refractivity contribution in [1.29, 1.82) is 0 Å². The number of fused-ring (bicyclic) bond motifs is 5. The third-order valence-corrected chi connectivity index (χ3v) is 17.5. The van der Waals surface area contributed by atoms with Crippen LogP contribution in [0.15, 0.2) is 48.1 Å². The zero-order valence-electron chi connectivity index (χ0n) is 44.0. The van der Waals surface area contributed by atoms with Gasteiger partial charge in [0.1, 0.15) is 30.0 Å². The average Bonchev–Trinajstić information content (AvgIpc) is 3.81. The van der Waals surface area contributed by atoms with Crippen molar-refractivity contribution in [2.24, 2.45) is 11.7 Å². The Morgan fingerprint density at radius 2 is 1.71 bits per heavy atom. The van der Waals surface area contributed by atoms with Crippen LogP contribution in [0.25, 0.3) is 0 Å². The molecule has 3 saturated heterocycles. The van der Waals surface area contributed by atoms with Gasteiger partial charge in [-0.15, -0.1) is 5.06 Å². The number of nitrogens with one attached hydrogen (secondary N) is 1. The molecule has 75 heavy (non-hydrogen) atoms. The number of allylic oxidation sites excluding steroid dienone is 3. The SMILES string of the molecule is CO[C@@H]1/C=C/C=C(\C)Cc2cc(C)c(Cl)c(c2)N(C)C(=O)C[C@H](OC(=O)[C@H](C)N(C)C(=O)CCC(C)(C)SSCCN)[C@]2(C)O[C@H]2[C@H](C)[C@@H]2C[C@@]1(O)NC(=O)O2.O=C(CCN1C(=O)C=CC1=O)ON1C(=O)CCC1=O. The molecule has 3 fully saturated rings. The van der Waals surface area contributed by atoms with E-state index in [0.717, 1.165) is 39.5 Å². The fraction of sp³-hybridized carbons (Fsp3) is 0.588. The molecule has 0 aliphatic carbocycles. The second-order valence-electron chi connectivity index (χ2n) is 19.9. The van der Waals surface area contributed by atoms with Gasteiger partial charge in [-0.05, 0) is 71.6 Å². The minimum atomic E-state index is -1.81. The molecule has 4 bridgehead atoms. The van der Waals surface area contributed by atoms with E-state index in [1.807, 2.05) is 39.0 Å². The van der Waals surface area contributed by atoms with E-state index in [0.29, 0.717) is 35.2 Å². The summed E-state index contributed by atoms with van der Waals surface area (Å²) in [7, 11) is 7.97. The maximum Gasteiger partial charge on any atom is 0.409 e. The van der Waals surface area contributed by atoms with Gasteiger partial charge >= 0.3 is 18.0 Å². The largest absolute Gasteiger partial charge is 0.457 e. The van der Waals surface area contributed by atoms with Gasteiger partial charge in [0.2, 0.25) is 11.8 Å². The number of ether oxygens (including phenoxy) is 4. The Bertz CT molecular complexity index is 2460. The summed E-state index contributed by atoms with van der Waals surface area (Å²) < 4.78 is 23.6. The van der Waals surface area contributed by atoms with Crippen molar-refractivity contribution in [3.05, 3.63) is 64.2 Å². The van der Waals surface area contributed by atoms with E-state index in [1.54, 1.807) is 61.7 Å². The van der Waals surface area contributed by atoms with Gasteiger partial charge in [0.25, 0.3) is 23.6 Å². The van der Waals surface area contributed by atoms with Gasteiger partial charge < -0.3 is 44.4 Å². The number of methoxy groups -OCH3 is 1. The van der Waals surface area contributed by atoms with Crippen LogP contribution < -0.4 is 16.0 Å². The molecule has 0 spiro atoms. The van der Waals surface area contributed by atoms with Crippen LogP contribution in [-0.4, -0.2) is 160 Å². The van der Waals surface area contributed by atoms with Crippen LogP contribution in [0, 0.1) is 12.8 Å². The molecule has 24 heteroatoms. The highest BCUT2D eigenvalue weighted by atomic mass is 35.5. The first-order valence-electron chi connectivity index (χ1n) is 24.5. The first-order chi connectivity index (χ1) is 35.1. The minimum absolute atomic E-state index is 0.0130. The maximum atomic E-state index is 14.2. The van der Waals surface area contributed by atoms with Gasteiger partial charge in [-0.3, -0.25) is 39.0 Å². The Morgan fingerprint density at radius 1 is 1.05 bits per heavy atom. The number of nitrogens with two attached hydrogens (primary N) is 1. The number of amides is 7. The standard InChI is InChI=1S/C40H59ClN4O9S2.C11H10N2O6/c1-23-12-11-13-30(51-10)40(50)22-29(52-37(49)43-40)25(3)35-39(7,54-35)31(21-33(47)45(9)28-20-27(18-23)19-24(2)34(28)41)53-36(48)26(4)44(8)32(46)14-15-38(5,6)56-55-17-16-42;14-7-1-2-8(15)12(7)6-5-11(18)19-13-9(16)3-4-10(13)17/h11-13,19-20,25-26,29-31,35,50H,14-18,21-22,42H2,1-10H3,(H,43,49);1-2H,3-6H2/b13-11+,23-12+;/t25-,26+,29+,30-,31+,35+,39+,40+;/m1./s1. The maximum absolute atomic E-state index is 14.2. The van der Waals surface area contributed by atoms with Crippen LogP contribution in [0.4, 0.5) is 10.5 Å². The summed E-state index contributed by atoms with van der Waals surface area (Å²) in [6, 6.07) is 2.85. The summed E-state index contributed by atoms with van der Waals surface area (Å²) in [4.78, 5) is 119. The molecular weight excluding hydrogens is 1040 g/mol. The number of esters is 1. The molecule has 4 N–H and O–H groups in total. The summed E-state index contributed by atoms with van der Waals surface area (Å²) in [6.45, 7) is 13.5. The van der Waals surface area contributed by atoms with Crippen molar-refractivity contribution >= 4 is 92.4 Å². The number of nitrogens with zero attached hydrogens (tertiary/aromatic N) is 4. The second-order valence-corrected chi connectivity index (χ2v) is 23.4. The molecule has 1 aromatic carbocycles. The predicted octanol–water partition coefficient (Wildman–Crippen LogP) is 4.62. The van der Waals surface area contributed by atoms with Crippen molar-refractivity contribution in [2.75, 3.05) is 44.9 Å². The number of benzene rings is 1. The molecule has 6 rings (SSSR count). The lowest BCUT2D eigenvalue weighted by atomic mass is 9.83. The van der Waals surface area contributed by atoms with E-state index in [2.05, 4.69) is 24.0 Å². The number of carbonyl (C=O) groups excluding carboxylic acids is 9. The summed E-state index contributed by atoms with van der Waals surface area (Å²) in [6.07, 6.45) is 3.97. The van der Waals surface area contributed by atoms with Gasteiger partial charge in [-0.1, -0.05) is 70.0 Å². The number of alkyl carbamates (subject to hydrolysis) is 1. The third kappa shape index (κ3) is 15.4. The highest BCUT2D eigenvalue weighted by Crippen LogP contribution is 2.49. The fourth-order valence-corrected chi connectivity index (χ4v) is 11.5. The van der Waals surface area contributed by atoms with Gasteiger partial charge in [0.15, 0.2) is 5.72 Å². The summed E-state index contributed by atoms with van der Waals surface area (Å²) in [5, 5.41) is 15.1. The molecule has 0 radical (unpaired) electrons. The first-order valence-corrected chi connectivity index (χ1v) is 27.2. The Hall–Kier alpha value is -5.30. The van der Waals surface area contributed by atoms with E-state index in [9.17, 15) is 48.3 Å². The number of aryl methyl sites for hydroxylation is 1. The number of imide groups is 2. The Morgan fingerprint density at radius 3 is 2.33 bits per heavy atom. The number of carbonyl (C=O) groups is 9. The number of hydrogen-bond acceptors (Lipinski definition) is 18. The molecule has 0 aromatic heterocycles. The van der Waals surface area contributed by atoms with Crippen LogP contribution in [0.5, 0.6) is 0 Å². The topological polar surface area (TPSA) is 274 Å². The second kappa shape index (κ2) is 25.7.